The third kappa shape index (κ3) is 1.62. The summed E-state index contributed by atoms with van der Waals surface area (Å²) in [5.74, 6) is 1.54. The largest absolute Gasteiger partial charge is 0.476 e. The van der Waals surface area contributed by atoms with Gasteiger partial charge in [0.05, 0.1) is 0 Å². The van der Waals surface area contributed by atoms with Crippen LogP contribution in [0, 0.1) is 0 Å². The fraction of sp³-hybridized carbons (Fsp3) is 0.556. The topological polar surface area (TPSA) is 61.0 Å². The van der Waals surface area contributed by atoms with Gasteiger partial charge in [-0.15, -0.1) is 0 Å². The quantitative estimate of drug-likeness (QED) is 0.673. The van der Waals surface area contributed by atoms with E-state index in [1.54, 1.807) is 0 Å². The van der Waals surface area contributed by atoms with E-state index in [4.69, 9.17) is 10.5 Å². The zero-order valence-corrected chi connectivity index (χ0v) is 7.66. The van der Waals surface area contributed by atoms with Gasteiger partial charge in [0.1, 0.15) is 12.4 Å². The number of nitrogens with zero attached hydrogens (tertiary/aromatic N) is 2. The van der Waals surface area contributed by atoms with E-state index in [9.17, 15) is 0 Å². The molecule has 70 valence electrons. The molecule has 13 heavy (non-hydrogen) atoms. The van der Waals surface area contributed by atoms with Gasteiger partial charge in [0.15, 0.2) is 0 Å². The van der Waals surface area contributed by atoms with Crippen molar-refractivity contribution in [3.8, 4) is 5.88 Å². The first-order valence-corrected chi connectivity index (χ1v) is 4.52. The number of hydrogen-bond donors (Lipinski definition) is 1. The number of hydrogen-bond acceptors (Lipinski definition) is 4. The van der Waals surface area contributed by atoms with Crippen molar-refractivity contribution in [2.24, 2.45) is 5.73 Å². The highest BCUT2D eigenvalue weighted by Gasteiger charge is 2.18. The highest BCUT2D eigenvalue weighted by Crippen LogP contribution is 2.20. The van der Waals surface area contributed by atoms with E-state index in [2.05, 4.69) is 9.97 Å². The van der Waals surface area contributed by atoms with Crippen LogP contribution in [0.3, 0.4) is 0 Å². The van der Waals surface area contributed by atoms with Crippen LogP contribution >= 0.6 is 0 Å². The minimum absolute atomic E-state index is 0.0866. The Bertz CT molecular complexity index is 314. The predicted octanol–water partition coefficient (Wildman–Crippen LogP) is 0.301. The molecule has 4 nitrogen and oxygen atoms in total. The van der Waals surface area contributed by atoms with Crippen LogP contribution in [0.1, 0.15) is 18.3 Å². The second kappa shape index (κ2) is 3.30. The minimum atomic E-state index is 0.0866. The molecule has 4 heteroatoms. The summed E-state index contributed by atoms with van der Waals surface area (Å²) in [5.41, 5.74) is 6.76. The monoisotopic (exact) mass is 179 g/mol. The molecule has 1 aliphatic heterocycles. The SMILES string of the molecule is CCc1ncc2c(n1)OCC(N)C2. The van der Waals surface area contributed by atoms with Crippen LogP contribution in [-0.4, -0.2) is 22.6 Å². The first-order chi connectivity index (χ1) is 6.29. The van der Waals surface area contributed by atoms with Gasteiger partial charge in [-0.1, -0.05) is 6.92 Å². The smallest absolute Gasteiger partial charge is 0.219 e. The molecule has 2 rings (SSSR count). The zero-order valence-electron chi connectivity index (χ0n) is 7.66. The van der Waals surface area contributed by atoms with Crippen LogP contribution in [0.25, 0.3) is 0 Å². The summed E-state index contributed by atoms with van der Waals surface area (Å²) in [4.78, 5) is 8.48. The van der Waals surface area contributed by atoms with Gasteiger partial charge in [-0.25, -0.2) is 4.98 Å². The van der Waals surface area contributed by atoms with Crippen LogP contribution in [0.4, 0.5) is 0 Å². The van der Waals surface area contributed by atoms with Gasteiger partial charge >= 0.3 is 0 Å². The van der Waals surface area contributed by atoms with Gasteiger partial charge in [-0.2, -0.15) is 4.98 Å². The van der Waals surface area contributed by atoms with Gasteiger partial charge in [0, 0.05) is 24.2 Å². The number of fused-ring (bicyclic) bond motifs is 1. The van der Waals surface area contributed by atoms with E-state index in [0.717, 1.165) is 24.2 Å². The normalized spacial score (nSPS) is 20.6. The van der Waals surface area contributed by atoms with Crippen LogP contribution in [0.2, 0.25) is 0 Å². The molecule has 0 aliphatic carbocycles. The Hall–Kier alpha value is -1.16. The lowest BCUT2D eigenvalue weighted by Crippen LogP contribution is -2.34. The first-order valence-electron chi connectivity index (χ1n) is 4.52. The van der Waals surface area contributed by atoms with E-state index in [0.29, 0.717) is 12.5 Å². The van der Waals surface area contributed by atoms with Crippen molar-refractivity contribution in [3.05, 3.63) is 17.6 Å². The molecule has 0 radical (unpaired) electrons. The molecule has 2 N–H and O–H groups in total. The Morgan fingerprint density at radius 2 is 2.54 bits per heavy atom. The Morgan fingerprint density at radius 1 is 1.69 bits per heavy atom. The van der Waals surface area contributed by atoms with Crippen molar-refractivity contribution >= 4 is 0 Å². The van der Waals surface area contributed by atoms with E-state index < -0.39 is 0 Å². The highest BCUT2D eigenvalue weighted by atomic mass is 16.5. The fourth-order valence-electron chi connectivity index (χ4n) is 1.39. The van der Waals surface area contributed by atoms with Crippen LogP contribution < -0.4 is 10.5 Å². The molecule has 0 fully saturated rings. The first kappa shape index (κ1) is 8.44. The molecular weight excluding hydrogens is 166 g/mol. The number of rotatable bonds is 1. The maximum atomic E-state index is 5.74. The lowest BCUT2D eigenvalue weighted by Gasteiger charge is -2.20. The molecule has 1 atom stereocenters. The van der Waals surface area contributed by atoms with Gasteiger partial charge in [-0.05, 0) is 6.42 Å². The van der Waals surface area contributed by atoms with Crippen molar-refractivity contribution in [3.63, 3.8) is 0 Å². The van der Waals surface area contributed by atoms with Crippen molar-refractivity contribution in [1.82, 2.24) is 9.97 Å². The highest BCUT2D eigenvalue weighted by molar-refractivity contribution is 5.26. The molecule has 0 bridgehead atoms. The van der Waals surface area contributed by atoms with E-state index in [-0.39, 0.29) is 6.04 Å². The zero-order chi connectivity index (χ0) is 9.26. The molecule has 0 aromatic carbocycles. The lowest BCUT2D eigenvalue weighted by molar-refractivity contribution is 0.251. The number of aryl methyl sites for hydroxylation is 1. The summed E-state index contributed by atoms with van der Waals surface area (Å²) in [5, 5.41) is 0. The van der Waals surface area contributed by atoms with E-state index >= 15 is 0 Å². The Balaban J connectivity index is 2.31. The van der Waals surface area contributed by atoms with Crippen molar-refractivity contribution in [2.75, 3.05) is 6.61 Å². The predicted molar refractivity (Wildman–Crippen MR) is 48.6 cm³/mol. The maximum Gasteiger partial charge on any atom is 0.219 e. The molecular formula is C9H13N3O. The standard InChI is InChI=1S/C9H13N3O/c1-2-8-11-4-6-3-7(10)5-13-9(6)12-8/h4,7H,2-3,5,10H2,1H3. The van der Waals surface area contributed by atoms with Crippen molar-refractivity contribution in [1.29, 1.82) is 0 Å². The molecule has 0 amide bonds. The summed E-state index contributed by atoms with van der Waals surface area (Å²) < 4.78 is 5.40. The number of aromatic nitrogens is 2. The third-order valence-electron chi connectivity index (χ3n) is 2.11. The molecule has 1 unspecified atom stereocenters. The summed E-state index contributed by atoms with van der Waals surface area (Å²) in [6, 6.07) is 0.0866. The summed E-state index contributed by atoms with van der Waals surface area (Å²) in [6.07, 6.45) is 3.47. The van der Waals surface area contributed by atoms with Gasteiger partial charge in [0.2, 0.25) is 5.88 Å². The van der Waals surface area contributed by atoms with Crippen molar-refractivity contribution in [2.45, 2.75) is 25.8 Å². The number of nitrogens with two attached hydrogens (primary N) is 1. The maximum absolute atomic E-state index is 5.74. The van der Waals surface area contributed by atoms with Crippen molar-refractivity contribution < 1.29 is 4.74 Å². The Labute approximate surface area is 77.1 Å². The minimum Gasteiger partial charge on any atom is -0.476 e. The molecule has 0 spiro atoms. The molecule has 0 saturated carbocycles. The van der Waals surface area contributed by atoms with Gasteiger partial charge < -0.3 is 10.5 Å². The van der Waals surface area contributed by atoms with Crippen LogP contribution in [-0.2, 0) is 12.8 Å². The lowest BCUT2D eigenvalue weighted by atomic mass is 10.1. The van der Waals surface area contributed by atoms with E-state index in [1.807, 2.05) is 13.1 Å². The van der Waals surface area contributed by atoms with Gasteiger partial charge in [0.25, 0.3) is 0 Å². The average Bonchev–Trinajstić information content (AvgIpc) is 2.17. The summed E-state index contributed by atoms with van der Waals surface area (Å²) in [6.45, 7) is 2.59. The third-order valence-corrected chi connectivity index (χ3v) is 2.11. The Morgan fingerprint density at radius 3 is 3.31 bits per heavy atom. The molecule has 1 aliphatic rings. The van der Waals surface area contributed by atoms with Crippen LogP contribution in [0.15, 0.2) is 6.20 Å². The summed E-state index contributed by atoms with van der Waals surface area (Å²) >= 11 is 0. The molecule has 2 heterocycles. The second-order valence-corrected chi connectivity index (χ2v) is 3.25. The van der Waals surface area contributed by atoms with Crippen LogP contribution in [0.5, 0.6) is 5.88 Å². The molecule has 0 saturated heterocycles. The summed E-state index contributed by atoms with van der Waals surface area (Å²) in [7, 11) is 0. The molecule has 1 aromatic heterocycles. The fourth-order valence-corrected chi connectivity index (χ4v) is 1.39. The van der Waals surface area contributed by atoms with Gasteiger partial charge in [-0.3, -0.25) is 0 Å². The van der Waals surface area contributed by atoms with E-state index in [1.165, 1.54) is 0 Å². The Kier molecular flexibility index (Phi) is 2.14. The second-order valence-electron chi connectivity index (χ2n) is 3.25. The number of ether oxygens (including phenoxy) is 1. The average molecular weight is 179 g/mol. The molecule has 1 aromatic rings.